The fraction of sp³-hybridized carbons (Fsp3) is 0.368. The molecule has 3 heterocycles. The van der Waals surface area contributed by atoms with Crippen molar-refractivity contribution in [3.05, 3.63) is 59.0 Å². The van der Waals surface area contributed by atoms with Crippen molar-refractivity contribution in [2.24, 2.45) is 0 Å². The fourth-order valence-electron chi connectivity index (χ4n) is 2.93. The van der Waals surface area contributed by atoms with E-state index < -0.39 is 0 Å². The zero-order valence-electron chi connectivity index (χ0n) is 16.1. The number of benzene rings is 1. The summed E-state index contributed by atoms with van der Waals surface area (Å²) in [6, 6.07) is 14.6. The Morgan fingerprint density at radius 3 is 2.18 bits per heavy atom. The maximum Gasteiger partial charge on any atom is 0.199 e. The third-order valence-corrected chi connectivity index (χ3v) is 4.83. The number of pyridine rings is 1. The summed E-state index contributed by atoms with van der Waals surface area (Å²) in [6.07, 6.45) is 1.88. The molecule has 0 saturated carbocycles. The minimum atomic E-state index is 0. The molecule has 0 spiro atoms. The number of aryl methyl sites for hydroxylation is 1. The lowest BCUT2D eigenvalue weighted by Gasteiger charge is -2.35. The topological polar surface area (TPSA) is 39.6 Å². The number of H-pyrrole nitrogens is 1. The van der Waals surface area contributed by atoms with E-state index in [1.807, 2.05) is 28.8 Å². The third kappa shape index (κ3) is 6.94. The molecule has 0 radical (unpaired) electrons. The van der Waals surface area contributed by atoms with E-state index in [9.17, 15) is 0 Å². The molecule has 1 aromatic carbocycles. The highest BCUT2D eigenvalue weighted by atomic mass is 35.5. The molecular formula is C19H28Cl3N5S. The largest absolute Gasteiger partial charge is 0.369 e. The first-order valence-electron chi connectivity index (χ1n) is 8.73. The van der Waals surface area contributed by atoms with Gasteiger partial charge in [0.25, 0.3) is 0 Å². The molecule has 1 saturated heterocycles. The molecule has 2 aromatic heterocycles. The van der Waals surface area contributed by atoms with Gasteiger partial charge >= 0.3 is 0 Å². The lowest BCUT2D eigenvalue weighted by Crippen LogP contribution is -2.46. The molecular weight excluding hydrogens is 437 g/mol. The number of aromatic amines is 1. The highest BCUT2D eigenvalue weighted by Crippen LogP contribution is 2.16. The highest BCUT2D eigenvalue weighted by Gasteiger charge is 2.15. The first-order valence-corrected chi connectivity index (χ1v) is 9.14. The molecule has 0 aliphatic carbocycles. The van der Waals surface area contributed by atoms with Crippen LogP contribution in [0.2, 0.25) is 0 Å². The van der Waals surface area contributed by atoms with Crippen LogP contribution < -0.4 is 4.90 Å². The van der Waals surface area contributed by atoms with Crippen molar-refractivity contribution in [3.63, 3.8) is 0 Å². The van der Waals surface area contributed by atoms with Crippen LogP contribution in [-0.4, -0.2) is 52.2 Å². The van der Waals surface area contributed by atoms with Crippen LogP contribution in [0.15, 0.2) is 48.7 Å². The summed E-state index contributed by atoms with van der Waals surface area (Å²) in [5, 5.41) is 6.66. The number of hydrogen-bond donors (Lipinski definition) is 1. The van der Waals surface area contributed by atoms with E-state index in [1.54, 1.807) is 0 Å². The number of nitrogens with zero attached hydrogens (tertiary/aromatic N) is 4. The number of aromatic nitrogens is 3. The van der Waals surface area contributed by atoms with E-state index in [0.29, 0.717) is 4.77 Å². The minimum Gasteiger partial charge on any atom is -0.369 e. The molecule has 4 rings (SSSR count). The monoisotopic (exact) mass is 463 g/mol. The quantitative estimate of drug-likeness (QED) is 0.553. The van der Waals surface area contributed by atoms with Gasteiger partial charge in [-0.25, -0.2) is 0 Å². The van der Waals surface area contributed by atoms with Crippen LogP contribution in [0.3, 0.4) is 0 Å². The first kappa shape index (κ1) is 26.7. The molecule has 1 fully saturated rings. The normalized spacial score (nSPS) is 13.4. The number of piperazine rings is 1. The summed E-state index contributed by atoms with van der Waals surface area (Å²) in [5.41, 5.74) is 3.56. The van der Waals surface area contributed by atoms with E-state index in [2.05, 4.69) is 58.1 Å². The molecule has 28 heavy (non-hydrogen) atoms. The Kier molecular flexibility index (Phi) is 12.4. The molecule has 0 bridgehead atoms. The highest BCUT2D eigenvalue weighted by molar-refractivity contribution is 7.71. The predicted octanol–water partition coefficient (Wildman–Crippen LogP) is 4.79. The molecule has 0 unspecified atom stereocenters. The summed E-state index contributed by atoms with van der Waals surface area (Å²) in [7, 11) is 0. The van der Waals surface area contributed by atoms with Gasteiger partial charge in [0.1, 0.15) is 0 Å². The van der Waals surface area contributed by atoms with Gasteiger partial charge < -0.3 is 9.80 Å². The van der Waals surface area contributed by atoms with Gasteiger partial charge in [-0.3, -0.25) is 9.50 Å². The number of nitrogens with one attached hydrogen (secondary N) is 1. The van der Waals surface area contributed by atoms with Crippen molar-refractivity contribution in [2.45, 2.75) is 13.8 Å². The van der Waals surface area contributed by atoms with Gasteiger partial charge in [-0.2, -0.15) is 5.10 Å². The van der Waals surface area contributed by atoms with Crippen LogP contribution in [-0.2, 0) is 0 Å². The average molecular weight is 465 g/mol. The van der Waals surface area contributed by atoms with Crippen LogP contribution in [0.25, 0.3) is 5.65 Å². The number of anilines is 1. The van der Waals surface area contributed by atoms with Crippen LogP contribution in [0, 0.1) is 11.7 Å². The van der Waals surface area contributed by atoms with Gasteiger partial charge in [0, 0.05) is 38.1 Å². The number of halogens is 3. The third-order valence-electron chi connectivity index (χ3n) is 4.54. The Bertz CT molecular complexity index is 858. The molecule has 0 amide bonds. The van der Waals surface area contributed by atoms with E-state index in [1.165, 1.54) is 30.9 Å². The van der Waals surface area contributed by atoms with Crippen molar-refractivity contribution >= 4 is 60.8 Å². The molecule has 0 atom stereocenters. The zero-order valence-corrected chi connectivity index (χ0v) is 19.3. The first-order chi connectivity index (χ1) is 12.2. The number of fused-ring (bicyclic) bond motifs is 1. The smallest absolute Gasteiger partial charge is 0.199 e. The summed E-state index contributed by atoms with van der Waals surface area (Å²) < 4.78 is 2.45. The zero-order chi connectivity index (χ0) is 17.6. The van der Waals surface area contributed by atoms with Crippen molar-refractivity contribution in [1.82, 2.24) is 19.5 Å². The van der Waals surface area contributed by atoms with Crippen molar-refractivity contribution < 1.29 is 0 Å². The van der Waals surface area contributed by atoms with Gasteiger partial charge in [-0.05, 0) is 50.0 Å². The summed E-state index contributed by atoms with van der Waals surface area (Å²) in [4.78, 5) is 4.98. The fourth-order valence-corrected chi connectivity index (χ4v) is 3.13. The van der Waals surface area contributed by atoms with Crippen LogP contribution in [0.5, 0.6) is 0 Å². The van der Waals surface area contributed by atoms with Gasteiger partial charge in [0.15, 0.2) is 10.4 Å². The Hall–Kier alpha value is -1.31. The van der Waals surface area contributed by atoms with E-state index in [4.69, 9.17) is 12.2 Å². The molecule has 156 valence electrons. The SMILES string of the molecule is CCN1CCN(c2ccc(C)cc2)CC1.Cl.Cl.Cl.S=c1[nH]nc2ccccn12. The Morgan fingerprint density at radius 2 is 1.61 bits per heavy atom. The van der Waals surface area contributed by atoms with Crippen LogP contribution >= 0.6 is 49.4 Å². The average Bonchev–Trinajstić information content (AvgIpc) is 3.05. The molecule has 3 aromatic rings. The van der Waals surface area contributed by atoms with Gasteiger partial charge in [-0.15, -0.1) is 37.2 Å². The second-order valence-electron chi connectivity index (χ2n) is 6.21. The number of hydrogen-bond acceptors (Lipinski definition) is 4. The van der Waals surface area contributed by atoms with E-state index in [0.717, 1.165) is 18.7 Å². The van der Waals surface area contributed by atoms with Gasteiger partial charge in [0.05, 0.1) is 0 Å². The van der Waals surface area contributed by atoms with Crippen LogP contribution in [0.4, 0.5) is 5.69 Å². The lowest BCUT2D eigenvalue weighted by atomic mass is 10.2. The second kappa shape index (κ2) is 13.0. The maximum absolute atomic E-state index is 4.93. The molecule has 5 nitrogen and oxygen atoms in total. The Labute approximate surface area is 190 Å². The molecule has 1 aliphatic heterocycles. The van der Waals surface area contributed by atoms with Crippen LogP contribution in [0.1, 0.15) is 12.5 Å². The second-order valence-corrected chi connectivity index (χ2v) is 6.60. The summed E-state index contributed by atoms with van der Waals surface area (Å²) >= 11 is 4.93. The maximum atomic E-state index is 4.93. The van der Waals surface area contributed by atoms with Crippen molar-refractivity contribution in [3.8, 4) is 0 Å². The molecule has 9 heteroatoms. The van der Waals surface area contributed by atoms with E-state index >= 15 is 0 Å². The van der Waals surface area contributed by atoms with Crippen molar-refractivity contribution in [1.29, 1.82) is 0 Å². The Morgan fingerprint density at radius 1 is 0.964 bits per heavy atom. The lowest BCUT2D eigenvalue weighted by molar-refractivity contribution is 0.271. The van der Waals surface area contributed by atoms with E-state index in [-0.39, 0.29) is 37.2 Å². The number of likely N-dealkylation sites (N-methyl/N-ethyl adjacent to an activating group) is 1. The summed E-state index contributed by atoms with van der Waals surface area (Å²) in [5.74, 6) is 0. The van der Waals surface area contributed by atoms with Crippen molar-refractivity contribution in [2.75, 3.05) is 37.6 Å². The Balaban J connectivity index is 0.000000497. The predicted molar refractivity (Wildman–Crippen MR) is 128 cm³/mol. The number of rotatable bonds is 2. The van der Waals surface area contributed by atoms with Gasteiger partial charge in [0.2, 0.25) is 0 Å². The standard InChI is InChI=1S/C13H20N2.C6H5N3S.3ClH/c1-3-14-8-10-15(11-9-14)13-6-4-12(2)5-7-13;10-6-8-7-5-3-1-2-4-9(5)6;;;/h4-7H,3,8-11H2,1-2H3;1-4H,(H,8,10);3*1H. The summed E-state index contributed by atoms with van der Waals surface area (Å²) in [6.45, 7) is 10.3. The minimum absolute atomic E-state index is 0. The van der Waals surface area contributed by atoms with Gasteiger partial charge in [-0.1, -0.05) is 30.7 Å². The molecule has 1 N–H and O–H groups in total. The molecule has 1 aliphatic rings.